The number of hydrogen-bond donors (Lipinski definition) is 1. The van der Waals surface area contributed by atoms with Crippen LogP contribution in [0.15, 0.2) is 11.8 Å². The summed E-state index contributed by atoms with van der Waals surface area (Å²) < 4.78 is 0. The maximum Gasteiger partial charge on any atom is 0.151 e. The summed E-state index contributed by atoms with van der Waals surface area (Å²) in [5.74, 6) is 0. The maximum atomic E-state index is 9.88. The molecule has 0 bridgehead atoms. The molecule has 0 radical (unpaired) electrons. The molecule has 0 saturated heterocycles. The minimum absolute atomic E-state index is 0.0312. The summed E-state index contributed by atoms with van der Waals surface area (Å²) in [5, 5.41) is 8.22. The van der Waals surface area contributed by atoms with E-state index in [1.807, 2.05) is 0 Å². The Bertz CT molecular complexity index is 108. The summed E-state index contributed by atoms with van der Waals surface area (Å²) in [4.78, 5) is 18.4. The highest BCUT2D eigenvalue weighted by molar-refractivity contribution is 5.72. The number of aliphatic hydroxyl groups excluding tert-OH is 1. The Morgan fingerprint density at radius 3 is 2.78 bits per heavy atom. The van der Waals surface area contributed by atoms with Crippen molar-refractivity contribution >= 4 is 6.29 Å². The standard InChI is InChI=1S/C5H8O4/c1-8-9-4-5(2-6)3-7/h2-3,6H,4H2,1H3/b5-2-. The third kappa shape index (κ3) is 3.69. The van der Waals surface area contributed by atoms with E-state index >= 15 is 0 Å². The highest BCUT2D eigenvalue weighted by Crippen LogP contribution is 1.87. The number of rotatable bonds is 4. The Hall–Kier alpha value is -0.870. The Morgan fingerprint density at radius 1 is 1.78 bits per heavy atom. The first kappa shape index (κ1) is 8.13. The number of aldehydes is 1. The molecule has 0 unspecified atom stereocenters. The van der Waals surface area contributed by atoms with Gasteiger partial charge in [-0.2, -0.15) is 0 Å². The van der Waals surface area contributed by atoms with Crippen molar-refractivity contribution in [2.24, 2.45) is 0 Å². The molecule has 0 aliphatic heterocycles. The molecule has 0 aliphatic carbocycles. The maximum absolute atomic E-state index is 9.88. The Balaban J connectivity index is 3.45. The minimum Gasteiger partial charge on any atom is -0.515 e. The summed E-state index contributed by atoms with van der Waals surface area (Å²) in [7, 11) is 1.32. The van der Waals surface area contributed by atoms with Gasteiger partial charge >= 0.3 is 0 Å². The van der Waals surface area contributed by atoms with E-state index in [9.17, 15) is 4.79 Å². The van der Waals surface area contributed by atoms with Crippen LogP contribution in [0.25, 0.3) is 0 Å². The molecular weight excluding hydrogens is 124 g/mol. The van der Waals surface area contributed by atoms with Gasteiger partial charge < -0.3 is 5.11 Å². The lowest BCUT2D eigenvalue weighted by molar-refractivity contribution is -0.264. The Morgan fingerprint density at radius 2 is 2.44 bits per heavy atom. The van der Waals surface area contributed by atoms with Gasteiger partial charge in [-0.25, -0.2) is 9.78 Å². The van der Waals surface area contributed by atoms with E-state index in [2.05, 4.69) is 9.78 Å². The molecule has 0 rings (SSSR count). The van der Waals surface area contributed by atoms with Gasteiger partial charge in [-0.1, -0.05) is 0 Å². The lowest BCUT2D eigenvalue weighted by Gasteiger charge is -1.95. The molecular formula is C5H8O4. The van der Waals surface area contributed by atoms with Gasteiger partial charge in [0.15, 0.2) is 6.29 Å². The minimum atomic E-state index is -0.0312. The number of carbonyl (C=O) groups excluding carboxylic acids is 1. The quantitative estimate of drug-likeness (QED) is 0.195. The molecule has 0 aromatic carbocycles. The SMILES string of the molecule is COOC/C(C=O)=C\O. The molecule has 0 saturated carbocycles. The van der Waals surface area contributed by atoms with Gasteiger partial charge in [0.05, 0.1) is 18.9 Å². The van der Waals surface area contributed by atoms with Gasteiger partial charge in [0.1, 0.15) is 6.61 Å². The van der Waals surface area contributed by atoms with Crippen LogP contribution in [-0.4, -0.2) is 25.1 Å². The monoisotopic (exact) mass is 132 g/mol. The van der Waals surface area contributed by atoms with E-state index in [1.54, 1.807) is 0 Å². The molecule has 0 amide bonds. The molecule has 0 aliphatic rings. The van der Waals surface area contributed by atoms with Crippen LogP contribution in [0.1, 0.15) is 0 Å². The molecule has 4 nitrogen and oxygen atoms in total. The van der Waals surface area contributed by atoms with Crippen LogP contribution in [0.5, 0.6) is 0 Å². The lowest BCUT2D eigenvalue weighted by atomic mass is 10.4. The molecule has 0 atom stereocenters. The predicted octanol–water partition coefficient (Wildman–Crippen LogP) is 0.205. The van der Waals surface area contributed by atoms with Crippen molar-refractivity contribution in [2.75, 3.05) is 13.7 Å². The zero-order valence-electron chi connectivity index (χ0n) is 5.03. The van der Waals surface area contributed by atoms with Crippen molar-refractivity contribution in [1.29, 1.82) is 0 Å². The Labute approximate surface area is 52.6 Å². The zero-order chi connectivity index (χ0) is 7.11. The van der Waals surface area contributed by atoms with Crippen LogP contribution in [0.2, 0.25) is 0 Å². The zero-order valence-corrected chi connectivity index (χ0v) is 5.03. The molecule has 4 heteroatoms. The van der Waals surface area contributed by atoms with Gasteiger partial charge in [0, 0.05) is 0 Å². The highest BCUT2D eigenvalue weighted by Gasteiger charge is 1.92. The third-order valence-electron chi connectivity index (χ3n) is 0.661. The van der Waals surface area contributed by atoms with Crippen LogP contribution >= 0.6 is 0 Å². The van der Waals surface area contributed by atoms with Gasteiger partial charge in [0.2, 0.25) is 0 Å². The first-order valence-electron chi connectivity index (χ1n) is 2.29. The van der Waals surface area contributed by atoms with Crippen molar-refractivity contribution in [3.63, 3.8) is 0 Å². The predicted molar refractivity (Wildman–Crippen MR) is 29.7 cm³/mol. The number of hydrogen-bond acceptors (Lipinski definition) is 4. The normalized spacial score (nSPS) is 11.4. The molecule has 0 aromatic heterocycles. The first-order chi connectivity index (χ1) is 4.35. The van der Waals surface area contributed by atoms with Gasteiger partial charge in [0.25, 0.3) is 0 Å². The number of aliphatic hydroxyl groups is 1. The van der Waals surface area contributed by atoms with Crippen molar-refractivity contribution in [3.05, 3.63) is 11.8 Å². The number of carbonyl (C=O) groups is 1. The van der Waals surface area contributed by atoms with Gasteiger partial charge in [-0.15, -0.1) is 0 Å². The van der Waals surface area contributed by atoms with E-state index in [1.165, 1.54) is 7.11 Å². The third-order valence-corrected chi connectivity index (χ3v) is 0.661. The Kier molecular flexibility index (Phi) is 4.76. The van der Waals surface area contributed by atoms with Crippen LogP contribution < -0.4 is 0 Å². The van der Waals surface area contributed by atoms with Crippen LogP contribution in [-0.2, 0) is 14.6 Å². The summed E-state index contributed by atoms with van der Waals surface area (Å²) in [6.07, 6.45) is 1.16. The van der Waals surface area contributed by atoms with E-state index in [4.69, 9.17) is 5.11 Å². The largest absolute Gasteiger partial charge is 0.515 e. The summed E-state index contributed by atoms with van der Waals surface area (Å²) >= 11 is 0. The topological polar surface area (TPSA) is 55.8 Å². The second kappa shape index (κ2) is 5.27. The molecule has 0 heterocycles. The van der Waals surface area contributed by atoms with Crippen LogP contribution in [0, 0.1) is 0 Å². The van der Waals surface area contributed by atoms with E-state index < -0.39 is 0 Å². The van der Waals surface area contributed by atoms with Gasteiger partial charge in [-0.05, 0) is 0 Å². The fraction of sp³-hybridized carbons (Fsp3) is 0.400. The van der Waals surface area contributed by atoms with Crippen molar-refractivity contribution < 1.29 is 19.7 Å². The highest BCUT2D eigenvalue weighted by atomic mass is 17.2. The van der Waals surface area contributed by atoms with Crippen molar-refractivity contribution in [3.8, 4) is 0 Å². The van der Waals surface area contributed by atoms with Crippen molar-refractivity contribution in [1.82, 2.24) is 0 Å². The fourth-order valence-electron chi connectivity index (χ4n) is 0.229. The lowest BCUT2D eigenvalue weighted by Crippen LogP contribution is -1.97. The smallest absolute Gasteiger partial charge is 0.151 e. The molecule has 52 valence electrons. The fourth-order valence-corrected chi connectivity index (χ4v) is 0.229. The second-order valence-electron chi connectivity index (χ2n) is 1.25. The molecule has 0 fully saturated rings. The van der Waals surface area contributed by atoms with Crippen LogP contribution in [0.4, 0.5) is 0 Å². The summed E-state index contributed by atoms with van der Waals surface area (Å²) in [6, 6.07) is 0. The molecule has 0 spiro atoms. The van der Waals surface area contributed by atoms with E-state index in [-0.39, 0.29) is 12.2 Å². The van der Waals surface area contributed by atoms with E-state index in [0.29, 0.717) is 12.5 Å². The van der Waals surface area contributed by atoms with E-state index in [0.717, 1.165) is 0 Å². The van der Waals surface area contributed by atoms with Crippen molar-refractivity contribution in [2.45, 2.75) is 0 Å². The summed E-state index contributed by atoms with van der Waals surface area (Å²) in [5.41, 5.74) is 0.136. The van der Waals surface area contributed by atoms with Gasteiger partial charge in [-0.3, -0.25) is 4.79 Å². The molecule has 0 aromatic rings. The average Bonchev–Trinajstić information content (AvgIpc) is 1.91. The summed E-state index contributed by atoms with van der Waals surface area (Å²) in [6.45, 7) is -0.0312. The average molecular weight is 132 g/mol. The second-order valence-corrected chi connectivity index (χ2v) is 1.25. The molecule has 9 heavy (non-hydrogen) atoms. The first-order valence-corrected chi connectivity index (χ1v) is 2.29. The molecule has 1 N–H and O–H groups in total. The van der Waals surface area contributed by atoms with Crippen LogP contribution in [0.3, 0.4) is 0 Å².